The summed E-state index contributed by atoms with van der Waals surface area (Å²) in [6.45, 7) is 1.39. The summed E-state index contributed by atoms with van der Waals surface area (Å²) in [5.41, 5.74) is 1.76. The van der Waals surface area contributed by atoms with Gasteiger partial charge in [-0.15, -0.1) is 0 Å². The molecule has 0 bridgehead atoms. The molecule has 0 radical (unpaired) electrons. The Balaban J connectivity index is 1.81. The molecule has 0 aliphatic carbocycles. The van der Waals surface area contributed by atoms with Crippen molar-refractivity contribution in [1.29, 1.82) is 0 Å². The molecule has 4 rings (SSSR count). The third-order valence-electron chi connectivity index (χ3n) is 5.01. The van der Waals surface area contributed by atoms with Gasteiger partial charge < -0.3 is 15.4 Å². The van der Waals surface area contributed by atoms with Crippen LogP contribution in [-0.2, 0) is 14.4 Å². The van der Waals surface area contributed by atoms with Gasteiger partial charge in [-0.1, -0.05) is 30.3 Å². The van der Waals surface area contributed by atoms with Crippen molar-refractivity contribution in [3.63, 3.8) is 0 Å². The van der Waals surface area contributed by atoms with Gasteiger partial charge in [-0.25, -0.2) is 9.29 Å². The van der Waals surface area contributed by atoms with Gasteiger partial charge in [0, 0.05) is 12.6 Å². The Labute approximate surface area is 189 Å². The number of para-hydroxylation sites is 2. The first-order chi connectivity index (χ1) is 15.9. The van der Waals surface area contributed by atoms with Crippen LogP contribution in [0.15, 0.2) is 78.5 Å². The van der Waals surface area contributed by atoms with Crippen molar-refractivity contribution in [2.75, 3.05) is 22.6 Å². The number of halogens is 1. The van der Waals surface area contributed by atoms with Crippen LogP contribution in [-0.4, -0.2) is 24.8 Å². The first-order valence-corrected chi connectivity index (χ1v) is 10.1. The largest absolute Gasteiger partial charge is 0.495 e. The molecule has 0 spiro atoms. The van der Waals surface area contributed by atoms with Crippen LogP contribution in [0.5, 0.6) is 5.75 Å². The minimum absolute atomic E-state index is 0.0287. The lowest BCUT2D eigenvalue weighted by Crippen LogP contribution is -2.32. The average molecular weight is 445 g/mol. The lowest BCUT2D eigenvalue weighted by Gasteiger charge is -2.16. The first-order valence-electron chi connectivity index (χ1n) is 10.1. The molecule has 7 nitrogen and oxygen atoms in total. The first kappa shape index (κ1) is 21.8. The van der Waals surface area contributed by atoms with E-state index in [0.29, 0.717) is 22.7 Å². The highest BCUT2D eigenvalue weighted by Crippen LogP contribution is 2.36. The van der Waals surface area contributed by atoms with Gasteiger partial charge in [0.25, 0.3) is 11.8 Å². The number of imide groups is 1. The maximum Gasteiger partial charge on any atom is 0.282 e. The zero-order valence-electron chi connectivity index (χ0n) is 17.9. The number of hydrogen-bond donors (Lipinski definition) is 2. The van der Waals surface area contributed by atoms with Crippen molar-refractivity contribution in [2.45, 2.75) is 6.92 Å². The Bertz CT molecular complexity index is 1280. The fraction of sp³-hybridized carbons (Fsp3) is 0.0800. The van der Waals surface area contributed by atoms with Crippen LogP contribution >= 0.6 is 0 Å². The van der Waals surface area contributed by atoms with E-state index in [4.69, 9.17) is 4.74 Å². The quantitative estimate of drug-likeness (QED) is 0.556. The molecule has 0 fully saturated rings. The van der Waals surface area contributed by atoms with Crippen molar-refractivity contribution in [3.05, 3.63) is 89.9 Å². The molecular formula is C25H20FN3O4. The van der Waals surface area contributed by atoms with Gasteiger partial charge in [-0.3, -0.25) is 14.4 Å². The second-order valence-electron chi connectivity index (χ2n) is 7.26. The second-order valence-corrected chi connectivity index (χ2v) is 7.26. The van der Waals surface area contributed by atoms with Crippen molar-refractivity contribution >= 4 is 40.4 Å². The van der Waals surface area contributed by atoms with E-state index < -0.39 is 17.6 Å². The van der Waals surface area contributed by atoms with Gasteiger partial charge in [0.05, 0.1) is 24.1 Å². The van der Waals surface area contributed by atoms with Gasteiger partial charge in [-0.05, 0) is 48.0 Å². The predicted molar refractivity (Wildman–Crippen MR) is 123 cm³/mol. The molecule has 3 aromatic rings. The molecule has 0 atom stereocenters. The summed E-state index contributed by atoms with van der Waals surface area (Å²) in [6.07, 6.45) is 0. The minimum Gasteiger partial charge on any atom is -0.495 e. The van der Waals surface area contributed by atoms with Crippen molar-refractivity contribution in [2.24, 2.45) is 0 Å². The number of rotatable bonds is 6. The molecule has 0 saturated heterocycles. The Kier molecular flexibility index (Phi) is 5.91. The smallest absolute Gasteiger partial charge is 0.282 e. The van der Waals surface area contributed by atoms with Crippen LogP contribution in [0.25, 0.3) is 5.57 Å². The van der Waals surface area contributed by atoms with Crippen LogP contribution in [0.4, 0.5) is 21.5 Å². The Hall–Kier alpha value is -4.46. The number of carbonyl (C=O) groups excluding carboxylic acids is 3. The van der Waals surface area contributed by atoms with Crippen molar-refractivity contribution < 1.29 is 23.5 Å². The molecule has 2 N–H and O–H groups in total. The van der Waals surface area contributed by atoms with E-state index in [2.05, 4.69) is 10.6 Å². The average Bonchev–Trinajstić information content (AvgIpc) is 3.03. The highest BCUT2D eigenvalue weighted by atomic mass is 19.1. The number of benzene rings is 3. The number of methoxy groups -OCH3 is 1. The molecule has 1 aliphatic heterocycles. The zero-order valence-corrected chi connectivity index (χ0v) is 17.9. The van der Waals surface area contributed by atoms with Crippen LogP contribution in [0.2, 0.25) is 0 Å². The van der Waals surface area contributed by atoms with E-state index in [1.54, 1.807) is 48.5 Å². The highest BCUT2D eigenvalue weighted by molar-refractivity contribution is 6.46. The van der Waals surface area contributed by atoms with Crippen LogP contribution in [0.3, 0.4) is 0 Å². The molecule has 0 saturated carbocycles. The van der Waals surface area contributed by atoms with E-state index in [1.807, 2.05) is 0 Å². The molecule has 0 unspecified atom stereocenters. The fourth-order valence-electron chi connectivity index (χ4n) is 3.57. The normalized spacial score (nSPS) is 13.4. The molecule has 166 valence electrons. The maximum atomic E-state index is 13.9. The van der Waals surface area contributed by atoms with Crippen LogP contribution in [0.1, 0.15) is 12.5 Å². The van der Waals surface area contributed by atoms with Crippen LogP contribution < -0.4 is 20.3 Å². The van der Waals surface area contributed by atoms with Gasteiger partial charge in [0.2, 0.25) is 5.91 Å². The fourth-order valence-corrected chi connectivity index (χ4v) is 3.57. The topological polar surface area (TPSA) is 87.7 Å². The maximum absolute atomic E-state index is 13.9. The van der Waals surface area contributed by atoms with E-state index in [-0.39, 0.29) is 22.9 Å². The standard InChI is InChI=1S/C25H20FN3O4/c1-15(30)27-18-12-10-16(11-13-18)22-23(28-20-8-3-4-9-21(20)33-2)25(32)29(24(22)31)19-7-5-6-17(26)14-19/h3-14,28H,1-2H3,(H,27,30). The Morgan fingerprint density at radius 1 is 0.939 bits per heavy atom. The molecule has 1 heterocycles. The summed E-state index contributed by atoms with van der Waals surface area (Å²) in [5, 5.41) is 5.69. The summed E-state index contributed by atoms with van der Waals surface area (Å²) in [4.78, 5) is 39.1. The molecule has 8 heteroatoms. The number of nitrogens with zero attached hydrogens (tertiary/aromatic N) is 1. The molecular weight excluding hydrogens is 425 g/mol. The number of anilines is 3. The van der Waals surface area contributed by atoms with Crippen molar-refractivity contribution in [3.8, 4) is 5.75 Å². The minimum atomic E-state index is -0.627. The van der Waals surface area contributed by atoms with Gasteiger partial charge in [0.1, 0.15) is 17.3 Å². The number of ether oxygens (including phenoxy) is 1. The predicted octanol–water partition coefficient (Wildman–Crippen LogP) is 4.19. The monoisotopic (exact) mass is 445 g/mol. The third kappa shape index (κ3) is 4.31. The van der Waals surface area contributed by atoms with Crippen LogP contribution in [0, 0.1) is 5.82 Å². The van der Waals surface area contributed by atoms with E-state index >= 15 is 0 Å². The summed E-state index contributed by atoms with van der Waals surface area (Å²) < 4.78 is 19.2. The number of nitrogens with one attached hydrogen (secondary N) is 2. The SMILES string of the molecule is COc1ccccc1NC1=C(c2ccc(NC(C)=O)cc2)C(=O)N(c2cccc(F)c2)C1=O. The lowest BCUT2D eigenvalue weighted by atomic mass is 10.0. The van der Waals surface area contributed by atoms with E-state index in [9.17, 15) is 18.8 Å². The highest BCUT2D eigenvalue weighted by Gasteiger charge is 2.40. The summed E-state index contributed by atoms with van der Waals surface area (Å²) >= 11 is 0. The molecule has 3 amide bonds. The lowest BCUT2D eigenvalue weighted by molar-refractivity contribution is -0.120. The summed E-state index contributed by atoms with van der Waals surface area (Å²) in [5.74, 6) is -1.55. The molecule has 33 heavy (non-hydrogen) atoms. The third-order valence-corrected chi connectivity index (χ3v) is 5.01. The second kappa shape index (κ2) is 8.96. The number of carbonyl (C=O) groups is 3. The number of amides is 3. The van der Waals surface area contributed by atoms with E-state index in [1.165, 1.54) is 32.2 Å². The summed E-state index contributed by atoms with van der Waals surface area (Å²) in [7, 11) is 1.50. The molecule has 3 aromatic carbocycles. The molecule has 0 aromatic heterocycles. The van der Waals surface area contributed by atoms with Gasteiger partial charge in [0.15, 0.2) is 0 Å². The van der Waals surface area contributed by atoms with Gasteiger partial charge >= 0.3 is 0 Å². The molecule has 1 aliphatic rings. The van der Waals surface area contributed by atoms with Gasteiger partial charge in [-0.2, -0.15) is 0 Å². The van der Waals surface area contributed by atoms with E-state index in [0.717, 1.165) is 11.0 Å². The Morgan fingerprint density at radius 3 is 2.33 bits per heavy atom. The summed E-state index contributed by atoms with van der Waals surface area (Å²) in [6, 6.07) is 18.8. The number of hydrogen-bond acceptors (Lipinski definition) is 5. The Morgan fingerprint density at radius 2 is 1.67 bits per heavy atom. The van der Waals surface area contributed by atoms with Crippen molar-refractivity contribution in [1.82, 2.24) is 0 Å². The zero-order chi connectivity index (χ0) is 23.5.